The van der Waals surface area contributed by atoms with Crippen molar-refractivity contribution >= 4 is 44.9 Å². The first-order chi connectivity index (χ1) is 10.9. The molecule has 0 unspecified atom stereocenters. The molecule has 1 aliphatic heterocycles. The number of anilines is 1. The van der Waals surface area contributed by atoms with Crippen molar-refractivity contribution in [3.63, 3.8) is 0 Å². The van der Waals surface area contributed by atoms with Crippen LogP contribution in [0.4, 0.5) is 5.69 Å². The van der Waals surface area contributed by atoms with Gasteiger partial charge in [0.1, 0.15) is 16.3 Å². The number of hydrogen-bond donors (Lipinski definition) is 3. The zero-order chi connectivity index (χ0) is 16.6. The molecule has 0 radical (unpaired) electrons. The minimum Gasteiger partial charge on any atom is -0.506 e. The summed E-state index contributed by atoms with van der Waals surface area (Å²) in [4.78, 5) is 4.02. The molecule has 6 nitrogen and oxygen atoms in total. The van der Waals surface area contributed by atoms with Gasteiger partial charge in [0, 0.05) is 16.1 Å². The highest BCUT2D eigenvalue weighted by molar-refractivity contribution is 7.90. The van der Waals surface area contributed by atoms with Gasteiger partial charge in [-0.15, -0.1) is 0 Å². The highest BCUT2D eigenvalue weighted by atomic mass is 35.5. The van der Waals surface area contributed by atoms with E-state index in [2.05, 4.69) is 15.0 Å². The summed E-state index contributed by atoms with van der Waals surface area (Å²) < 4.78 is 26.8. The molecule has 2 aromatic carbocycles. The van der Waals surface area contributed by atoms with Crippen LogP contribution < -0.4 is 10.0 Å². The van der Waals surface area contributed by atoms with E-state index in [1.54, 1.807) is 18.2 Å². The van der Waals surface area contributed by atoms with E-state index in [0.29, 0.717) is 5.02 Å². The fourth-order valence-electron chi connectivity index (χ4n) is 2.09. The molecule has 23 heavy (non-hydrogen) atoms. The van der Waals surface area contributed by atoms with Crippen LogP contribution in [0.15, 0.2) is 46.3 Å². The fourth-order valence-corrected chi connectivity index (χ4v) is 3.75. The van der Waals surface area contributed by atoms with E-state index in [1.165, 1.54) is 12.1 Å². The van der Waals surface area contributed by atoms with E-state index in [0.717, 1.165) is 5.56 Å². The number of aliphatic imine (C=N–C) groups is 1. The van der Waals surface area contributed by atoms with E-state index >= 15 is 0 Å². The van der Waals surface area contributed by atoms with Crippen molar-refractivity contribution in [2.45, 2.75) is 11.4 Å². The van der Waals surface area contributed by atoms with Crippen molar-refractivity contribution in [2.75, 3.05) is 5.32 Å². The summed E-state index contributed by atoms with van der Waals surface area (Å²) in [6.07, 6.45) is 0. The highest BCUT2D eigenvalue weighted by Gasteiger charge is 2.29. The maximum atomic E-state index is 12.2. The first-order valence-corrected chi connectivity index (χ1v) is 8.71. The van der Waals surface area contributed by atoms with Crippen molar-refractivity contribution < 1.29 is 13.5 Å². The predicted octanol–water partition coefficient (Wildman–Crippen LogP) is 2.96. The molecule has 2 aromatic rings. The van der Waals surface area contributed by atoms with Crippen molar-refractivity contribution in [3.8, 4) is 5.75 Å². The minimum atomic E-state index is -3.87. The summed E-state index contributed by atoms with van der Waals surface area (Å²) in [5, 5.41) is 13.3. The van der Waals surface area contributed by atoms with Gasteiger partial charge in [0.2, 0.25) is 5.96 Å². The topological polar surface area (TPSA) is 90.8 Å². The Kier molecular flexibility index (Phi) is 4.09. The monoisotopic (exact) mass is 371 g/mol. The number of sulfonamides is 1. The molecule has 0 atom stereocenters. The van der Waals surface area contributed by atoms with Crippen LogP contribution in [0.2, 0.25) is 10.0 Å². The first kappa shape index (κ1) is 15.9. The van der Waals surface area contributed by atoms with Gasteiger partial charge in [0.25, 0.3) is 10.0 Å². The van der Waals surface area contributed by atoms with Crippen LogP contribution in [0, 0.1) is 0 Å². The summed E-state index contributed by atoms with van der Waals surface area (Å²) in [5.41, 5.74) is 0.778. The summed E-state index contributed by atoms with van der Waals surface area (Å²) >= 11 is 11.8. The summed E-state index contributed by atoms with van der Waals surface area (Å²) in [6, 6.07) is 9.60. The quantitative estimate of drug-likeness (QED) is 0.707. The Balaban J connectivity index is 1.96. The fraction of sp³-hybridized carbons (Fsp3) is 0.0714. The number of benzene rings is 2. The Morgan fingerprint density at radius 2 is 1.91 bits per heavy atom. The standard InChI is InChI=1S/C14H11Cl2N3O3S/c15-9-5-11(20)13-12(6-9)23(21,22)19-14(18-13)17-7-8-3-1-2-4-10(8)16/h1-6,20H,7H2,(H2,17,18,19). The number of guanidine groups is 1. The summed E-state index contributed by atoms with van der Waals surface area (Å²) in [6.45, 7) is 0.175. The van der Waals surface area contributed by atoms with Crippen LogP contribution in [-0.4, -0.2) is 19.5 Å². The van der Waals surface area contributed by atoms with E-state index in [1.807, 2.05) is 6.07 Å². The largest absolute Gasteiger partial charge is 0.506 e. The third kappa shape index (κ3) is 3.21. The van der Waals surface area contributed by atoms with Crippen molar-refractivity contribution in [1.29, 1.82) is 0 Å². The van der Waals surface area contributed by atoms with Crippen LogP contribution in [0.3, 0.4) is 0 Å². The molecule has 0 aliphatic carbocycles. The molecule has 0 saturated carbocycles. The van der Waals surface area contributed by atoms with Gasteiger partial charge >= 0.3 is 0 Å². The van der Waals surface area contributed by atoms with Gasteiger partial charge in [-0.1, -0.05) is 41.4 Å². The van der Waals surface area contributed by atoms with E-state index in [-0.39, 0.29) is 33.9 Å². The maximum absolute atomic E-state index is 12.2. The average Bonchev–Trinajstić information content (AvgIpc) is 2.47. The summed E-state index contributed by atoms with van der Waals surface area (Å²) in [7, 11) is -3.87. The second-order valence-electron chi connectivity index (χ2n) is 4.78. The second kappa shape index (κ2) is 5.92. The van der Waals surface area contributed by atoms with Crippen molar-refractivity contribution in [2.24, 2.45) is 4.99 Å². The number of rotatable bonds is 2. The van der Waals surface area contributed by atoms with Gasteiger partial charge in [-0.05, 0) is 17.7 Å². The molecular weight excluding hydrogens is 361 g/mol. The zero-order valence-electron chi connectivity index (χ0n) is 11.5. The molecule has 0 fully saturated rings. The summed E-state index contributed by atoms with van der Waals surface area (Å²) in [5.74, 6) is -0.280. The number of phenolic OH excluding ortho intramolecular Hbond substituents is 1. The number of nitrogens with zero attached hydrogens (tertiary/aromatic N) is 1. The lowest BCUT2D eigenvalue weighted by Crippen LogP contribution is -2.40. The molecule has 0 bridgehead atoms. The molecule has 3 rings (SSSR count). The van der Waals surface area contributed by atoms with Crippen LogP contribution in [-0.2, 0) is 16.6 Å². The minimum absolute atomic E-state index is 0.00459. The maximum Gasteiger partial charge on any atom is 0.266 e. The van der Waals surface area contributed by atoms with Crippen LogP contribution in [0.1, 0.15) is 5.56 Å². The lowest BCUT2D eigenvalue weighted by molar-refractivity contribution is 0.475. The number of halogens is 2. The smallest absolute Gasteiger partial charge is 0.266 e. The molecular formula is C14H11Cl2N3O3S. The predicted molar refractivity (Wildman–Crippen MR) is 89.7 cm³/mol. The van der Waals surface area contributed by atoms with Gasteiger partial charge in [-0.3, -0.25) is 0 Å². The molecule has 9 heteroatoms. The Morgan fingerprint density at radius 1 is 1.17 bits per heavy atom. The molecule has 0 aromatic heterocycles. The zero-order valence-corrected chi connectivity index (χ0v) is 13.9. The number of fused-ring (bicyclic) bond motifs is 1. The van der Waals surface area contributed by atoms with E-state index in [9.17, 15) is 13.5 Å². The van der Waals surface area contributed by atoms with Gasteiger partial charge in [-0.2, -0.15) is 0 Å². The number of hydrogen-bond acceptors (Lipinski definition) is 4. The average molecular weight is 372 g/mol. The number of aromatic hydroxyl groups is 1. The van der Waals surface area contributed by atoms with Crippen LogP contribution in [0.25, 0.3) is 0 Å². The molecule has 0 amide bonds. The van der Waals surface area contributed by atoms with Crippen LogP contribution >= 0.6 is 23.2 Å². The number of phenols is 1. The molecule has 1 aliphatic rings. The van der Waals surface area contributed by atoms with Crippen molar-refractivity contribution in [1.82, 2.24) is 4.72 Å². The Hall–Kier alpha value is -1.96. The van der Waals surface area contributed by atoms with E-state index < -0.39 is 10.0 Å². The second-order valence-corrected chi connectivity index (χ2v) is 7.28. The van der Waals surface area contributed by atoms with Gasteiger partial charge in [0.05, 0.1) is 6.54 Å². The highest BCUT2D eigenvalue weighted by Crippen LogP contribution is 2.36. The number of nitrogens with one attached hydrogen (secondary N) is 2. The first-order valence-electron chi connectivity index (χ1n) is 6.47. The van der Waals surface area contributed by atoms with Gasteiger partial charge in [-0.25, -0.2) is 18.1 Å². The van der Waals surface area contributed by atoms with Gasteiger partial charge < -0.3 is 10.4 Å². The SMILES string of the molecule is O=S1(=O)NC(=NCc2ccccc2Cl)Nc2c(O)cc(Cl)cc21. The molecule has 1 heterocycles. The molecule has 0 spiro atoms. The molecule has 0 saturated heterocycles. The lowest BCUT2D eigenvalue weighted by Gasteiger charge is -2.22. The van der Waals surface area contributed by atoms with Crippen molar-refractivity contribution in [3.05, 3.63) is 52.0 Å². The molecule has 3 N–H and O–H groups in total. The van der Waals surface area contributed by atoms with Crippen LogP contribution in [0.5, 0.6) is 5.75 Å². The normalized spacial score (nSPS) is 17.2. The lowest BCUT2D eigenvalue weighted by atomic mass is 10.2. The third-order valence-electron chi connectivity index (χ3n) is 3.18. The van der Waals surface area contributed by atoms with E-state index in [4.69, 9.17) is 23.2 Å². The molecule has 120 valence electrons. The Bertz CT molecular complexity index is 913. The van der Waals surface area contributed by atoms with Gasteiger partial charge in [0.15, 0.2) is 0 Å². The third-order valence-corrected chi connectivity index (χ3v) is 5.13. The Labute approximate surface area is 142 Å². The Morgan fingerprint density at radius 3 is 2.65 bits per heavy atom.